The lowest BCUT2D eigenvalue weighted by molar-refractivity contribution is -0.0118. The van der Waals surface area contributed by atoms with Gasteiger partial charge in [-0.3, -0.25) is 5.21 Å². The van der Waals surface area contributed by atoms with Gasteiger partial charge in [-0.2, -0.15) is 0 Å². The molecule has 0 saturated carbocycles. The second-order valence-electron chi connectivity index (χ2n) is 2.61. The first-order valence-electron chi connectivity index (χ1n) is 3.68. The van der Waals surface area contributed by atoms with Crippen molar-refractivity contribution in [2.75, 3.05) is 12.4 Å². The van der Waals surface area contributed by atoms with Crippen LogP contribution in [-0.4, -0.2) is 23.3 Å². The van der Waals surface area contributed by atoms with Gasteiger partial charge in [0.05, 0.1) is 0 Å². The molecule has 0 heterocycles. The van der Waals surface area contributed by atoms with Crippen molar-refractivity contribution < 1.29 is 10.0 Å². The minimum atomic E-state index is -0.664. The number of nitrogens with one attached hydrogen (secondary N) is 1. The molecule has 0 aromatic heterocycles. The second kappa shape index (κ2) is 4.50. The van der Waals surface area contributed by atoms with E-state index in [1.54, 1.807) is 6.07 Å². The van der Waals surface area contributed by atoms with Gasteiger partial charge in [-0.25, -0.2) is 9.86 Å². The van der Waals surface area contributed by atoms with Crippen LogP contribution in [0.25, 0.3) is 0 Å². The van der Waals surface area contributed by atoms with E-state index >= 15 is 0 Å². The zero-order valence-electron chi connectivity index (χ0n) is 7.29. The van der Waals surface area contributed by atoms with Crippen LogP contribution in [0.5, 0.6) is 0 Å². The first kappa shape index (κ1) is 11.1. The van der Waals surface area contributed by atoms with Crippen LogP contribution in [0.4, 0.5) is 10.5 Å². The number of carbonyl (C=O) groups excluding carboxylic acids is 1. The third-order valence-electron chi connectivity index (χ3n) is 1.41. The first-order chi connectivity index (χ1) is 6.49. The van der Waals surface area contributed by atoms with Gasteiger partial charge in [0, 0.05) is 22.8 Å². The standard InChI is InChI=1S/C8H8Cl2N2O2/c1-12(14)8(13)11-7-3-5(9)2-6(10)4-7/h2-4,14H,1H3,(H,11,13). The summed E-state index contributed by atoms with van der Waals surface area (Å²) in [7, 11) is 1.21. The van der Waals surface area contributed by atoms with Gasteiger partial charge in [0.1, 0.15) is 0 Å². The summed E-state index contributed by atoms with van der Waals surface area (Å²) < 4.78 is 0. The number of halogens is 2. The van der Waals surface area contributed by atoms with Crippen molar-refractivity contribution in [2.45, 2.75) is 0 Å². The normalized spacial score (nSPS) is 9.71. The molecule has 1 aromatic rings. The van der Waals surface area contributed by atoms with E-state index in [-0.39, 0.29) is 0 Å². The van der Waals surface area contributed by atoms with Gasteiger partial charge in [-0.1, -0.05) is 23.2 Å². The highest BCUT2D eigenvalue weighted by molar-refractivity contribution is 6.35. The first-order valence-corrected chi connectivity index (χ1v) is 4.44. The van der Waals surface area contributed by atoms with E-state index in [0.29, 0.717) is 20.8 Å². The highest BCUT2D eigenvalue weighted by Gasteiger charge is 2.06. The topological polar surface area (TPSA) is 52.6 Å². The van der Waals surface area contributed by atoms with Crippen LogP contribution in [0.2, 0.25) is 10.0 Å². The monoisotopic (exact) mass is 234 g/mol. The Morgan fingerprint density at radius 1 is 1.36 bits per heavy atom. The summed E-state index contributed by atoms with van der Waals surface area (Å²) in [6, 6.07) is 3.92. The van der Waals surface area contributed by atoms with Gasteiger partial charge in [-0.15, -0.1) is 0 Å². The number of carbonyl (C=O) groups is 1. The minimum Gasteiger partial charge on any atom is -0.306 e. The lowest BCUT2D eigenvalue weighted by Gasteiger charge is -2.10. The predicted octanol–water partition coefficient (Wildman–Crippen LogP) is 2.85. The van der Waals surface area contributed by atoms with Crippen LogP contribution in [0.1, 0.15) is 0 Å². The van der Waals surface area contributed by atoms with E-state index in [1.807, 2.05) is 0 Å². The molecule has 76 valence electrons. The molecule has 0 fully saturated rings. The van der Waals surface area contributed by atoms with Gasteiger partial charge < -0.3 is 5.32 Å². The Morgan fingerprint density at radius 3 is 2.29 bits per heavy atom. The Kier molecular flexibility index (Phi) is 3.57. The SMILES string of the molecule is CN(O)C(=O)Nc1cc(Cl)cc(Cl)c1. The zero-order chi connectivity index (χ0) is 10.7. The highest BCUT2D eigenvalue weighted by Crippen LogP contribution is 2.22. The fourth-order valence-corrected chi connectivity index (χ4v) is 1.36. The van der Waals surface area contributed by atoms with Crippen LogP contribution >= 0.6 is 23.2 Å². The third-order valence-corrected chi connectivity index (χ3v) is 1.84. The third kappa shape index (κ3) is 3.06. The fourth-order valence-electron chi connectivity index (χ4n) is 0.830. The van der Waals surface area contributed by atoms with E-state index in [1.165, 1.54) is 19.2 Å². The summed E-state index contributed by atoms with van der Waals surface area (Å²) >= 11 is 11.4. The molecule has 0 bridgehead atoms. The molecule has 6 heteroatoms. The van der Waals surface area contributed by atoms with Crippen molar-refractivity contribution in [3.63, 3.8) is 0 Å². The molecule has 0 spiro atoms. The maximum atomic E-state index is 11.0. The van der Waals surface area contributed by atoms with Gasteiger partial charge in [0.25, 0.3) is 0 Å². The van der Waals surface area contributed by atoms with Gasteiger partial charge >= 0.3 is 6.03 Å². The number of amides is 2. The van der Waals surface area contributed by atoms with Crippen molar-refractivity contribution in [3.8, 4) is 0 Å². The molecular formula is C8H8Cl2N2O2. The van der Waals surface area contributed by atoms with Crippen molar-refractivity contribution in [2.24, 2.45) is 0 Å². The van der Waals surface area contributed by atoms with Gasteiger partial charge in [0.2, 0.25) is 0 Å². The lowest BCUT2D eigenvalue weighted by Crippen LogP contribution is -2.27. The van der Waals surface area contributed by atoms with Crippen LogP contribution in [0, 0.1) is 0 Å². The Bertz CT molecular complexity index is 335. The molecule has 1 rings (SSSR count). The molecule has 4 nitrogen and oxygen atoms in total. The summed E-state index contributed by atoms with van der Waals surface area (Å²) in [6.45, 7) is 0. The molecule has 1 aromatic carbocycles. The molecule has 14 heavy (non-hydrogen) atoms. The molecule has 0 unspecified atom stereocenters. The van der Waals surface area contributed by atoms with Crippen molar-refractivity contribution in [3.05, 3.63) is 28.2 Å². The molecule has 0 aliphatic carbocycles. The number of anilines is 1. The van der Waals surface area contributed by atoms with Crippen LogP contribution in [0.3, 0.4) is 0 Å². The van der Waals surface area contributed by atoms with Crippen molar-refractivity contribution in [1.82, 2.24) is 5.06 Å². The van der Waals surface area contributed by atoms with Crippen LogP contribution in [-0.2, 0) is 0 Å². The molecule has 2 amide bonds. The smallest absolute Gasteiger partial charge is 0.306 e. The minimum absolute atomic E-state index is 0.411. The van der Waals surface area contributed by atoms with Crippen LogP contribution < -0.4 is 5.32 Å². The van der Waals surface area contributed by atoms with E-state index in [4.69, 9.17) is 28.4 Å². The lowest BCUT2D eigenvalue weighted by atomic mass is 10.3. The number of hydrogen-bond donors (Lipinski definition) is 2. The molecule has 0 aliphatic rings. The van der Waals surface area contributed by atoms with E-state index in [0.717, 1.165) is 0 Å². The largest absolute Gasteiger partial charge is 0.345 e. The van der Waals surface area contributed by atoms with E-state index < -0.39 is 6.03 Å². The Balaban J connectivity index is 2.82. The molecular weight excluding hydrogens is 227 g/mol. The predicted molar refractivity (Wildman–Crippen MR) is 55.0 cm³/mol. The number of nitrogens with zero attached hydrogens (tertiary/aromatic N) is 1. The summed E-state index contributed by atoms with van der Waals surface area (Å²) in [5, 5.41) is 12.4. The Labute approximate surface area is 91.0 Å². The number of hydrogen-bond acceptors (Lipinski definition) is 2. The van der Waals surface area contributed by atoms with Crippen molar-refractivity contribution >= 4 is 34.9 Å². The summed E-state index contributed by atoms with van der Waals surface area (Å²) in [5.74, 6) is 0. The maximum Gasteiger partial charge on any atom is 0.345 e. The van der Waals surface area contributed by atoms with E-state index in [9.17, 15) is 4.79 Å². The van der Waals surface area contributed by atoms with E-state index in [2.05, 4.69) is 5.32 Å². The fraction of sp³-hybridized carbons (Fsp3) is 0.125. The Morgan fingerprint density at radius 2 is 1.86 bits per heavy atom. The Hall–Kier alpha value is -0.970. The maximum absolute atomic E-state index is 11.0. The van der Waals surface area contributed by atoms with Gasteiger partial charge in [-0.05, 0) is 18.2 Å². The second-order valence-corrected chi connectivity index (χ2v) is 3.48. The molecule has 0 radical (unpaired) electrons. The van der Waals surface area contributed by atoms with Gasteiger partial charge in [0.15, 0.2) is 0 Å². The summed E-state index contributed by atoms with van der Waals surface area (Å²) in [5.41, 5.74) is 0.424. The average Bonchev–Trinajstić information content (AvgIpc) is 2.01. The molecule has 2 N–H and O–H groups in total. The quantitative estimate of drug-likeness (QED) is 0.580. The summed E-state index contributed by atoms with van der Waals surface area (Å²) in [6.07, 6.45) is 0. The van der Waals surface area contributed by atoms with Crippen LogP contribution in [0.15, 0.2) is 18.2 Å². The number of rotatable bonds is 1. The average molecular weight is 235 g/mol. The molecule has 0 aliphatic heterocycles. The number of urea groups is 1. The summed E-state index contributed by atoms with van der Waals surface area (Å²) in [4.78, 5) is 11.0. The highest BCUT2D eigenvalue weighted by atomic mass is 35.5. The number of hydroxylamine groups is 2. The molecule has 0 saturated heterocycles. The zero-order valence-corrected chi connectivity index (χ0v) is 8.80. The number of benzene rings is 1. The van der Waals surface area contributed by atoms with Crippen molar-refractivity contribution in [1.29, 1.82) is 0 Å². The molecule has 0 atom stereocenters.